The summed E-state index contributed by atoms with van der Waals surface area (Å²) in [5.41, 5.74) is 5.82. The number of carbonyl (C=O) groups is 1. The number of aryl methyl sites for hydroxylation is 1. The summed E-state index contributed by atoms with van der Waals surface area (Å²) in [6.45, 7) is 0. The Hall–Kier alpha value is -2.81. The van der Waals surface area contributed by atoms with Gasteiger partial charge in [0.15, 0.2) is 0 Å². The fourth-order valence-electron chi connectivity index (χ4n) is 2.77. The fourth-order valence-corrected chi connectivity index (χ4v) is 2.77. The van der Waals surface area contributed by atoms with Crippen molar-refractivity contribution >= 4 is 6.03 Å². The first-order chi connectivity index (χ1) is 11.8. The molecule has 1 aromatic heterocycles. The van der Waals surface area contributed by atoms with E-state index in [9.17, 15) is 23.2 Å². The lowest BCUT2D eigenvalue weighted by Crippen LogP contribution is -2.35. The maximum absolute atomic E-state index is 12.5. The van der Waals surface area contributed by atoms with Crippen molar-refractivity contribution in [2.45, 2.75) is 25.1 Å². The van der Waals surface area contributed by atoms with Gasteiger partial charge in [-0.15, -0.1) is 0 Å². The topological polar surface area (TPSA) is 88.7 Å². The Morgan fingerprint density at radius 3 is 2.68 bits per heavy atom. The van der Waals surface area contributed by atoms with Crippen molar-refractivity contribution in [2.24, 2.45) is 5.73 Å². The van der Waals surface area contributed by atoms with Crippen LogP contribution in [0.1, 0.15) is 29.2 Å². The number of rotatable bonds is 3. The Balaban J connectivity index is 1.76. The summed E-state index contributed by atoms with van der Waals surface area (Å²) in [4.78, 5) is 14.7. The molecule has 3 N–H and O–H groups in total. The molecule has 0 radical (unpaired) electrons. The van der Waals surface area contributed by atoms with Crippen LogP contribution in [0.4, 0.5) is 18.0 Å². The molecule has 1 heterocycles. The number of fused-ring (bicyclic) bond motifs is 1. The molecule has 9 heteroatoms. The molecule has 1 aliphatic carbocycles. The van der Waals surface area contributed by atoms with Crippen LogP contribution >= 0.6 is 0 Å². The van der Waals surface area contributed by atoms with Crippen LogP contribution in [0.5, 0.6) is 11.6 Å². The average Bonchev–Trinajstić information content (AvgIpc) is 2.96. The summed E-state index contributed by atoms with van der Waals surface area (Å²) < 4.78 is 43.0. The van der Waals surface area contributed by atoms with Crippen LogP contribution in [0.3, 0.4) is 0 Å². The average molecular weight is 353 g/mol. The third-order valence-corrected chi connectivity index (χ3v) is 3.97. The molecule has 0 saturated carbocycles. The molecule has 2 amide bonds. The smallest absolute Gasteiger partial charge is 0.417 e. The van der Waals surface area contributed by atoms with E-state index in [1.54, 1.807) is 18.2 Å². The molecule has 25 heavy (non-hydrogen) atoms. The minimum Gasteiger partial charge on any atom is -0.439 e. The number of alkyl halides is 3. The number of amides is 2. The third-order valence-electron chi connectivity index (χ3n) is 3.97. The molecule has 1 aliphatic rings. The highest BCUT2D eigenvalue weighted by Crippen LogP contribution is 2.37. The Morgan fingerprint density at radius 2 is 2.08 bits per heavy atom. The van der Waals surface area contributed by atoms with Crippen molar-refractivity contribution in [3.63, 3.8) is 0 Å². The highest BCUT2D eigenvalue weighted by molar-refractivity contribution is 5.71. The minimum absolute atomic E-state index is 0.0309. The maximum atomic E-state index is 12.5. The van der Waals surface area contributed by atoms with Gasteiger partial charge in [-0.1, -0.05) is 6.07 Å². The van der Waals surface area contributed by atoms with E-state index in [1.165, 1.54) is 0 Å². The number of carbonyl (C=O) groups excluding carboxylic acids is 1. The first kappa shape index (κ1) is 17.0. The van der Waals surface area contributed by atoms with Gasteiger partial charge in [-0.3, -0.25) is 5.21 Å². The summed E-state index contributed by atoms with van der Waals surface area (Å²) in [7, 11) is 0. The van der Waals surface area contributed by atoms with Gasteiger partial charge in [0.05, 0.1) is 11.6 Å². The quantitative estimate of drug-likeness (QED) is 0.651. The standard InChI is InChI=1S/C16H14F3N3O3/c17-16(18,19)10-2-6-14(21-8-10)25-11-3-4-12-9(7-11)1-5-13(12)22(24)15(20)23/h2-4,6-8,13,24H,1,5H2,(H2,20,23). The van der Waals surface area contributed by atoms with E-state index < -0.39 is 23.8 Å². The number of pyridine rings is 1. The van der Waals surface area contributed by atoms with Crippen molar-refractivity contribution in [1.82, 2.24) is 10.0 Å². The number of benzene rings is 1. The second kappa shape index (κ2) is 6.25. The van der Waals surface area contributed by atoms with Crippen LogP contribution in [0.25, 0.3) is 0 Å². The SMILES string of the molecule is NC(=O)N(O)C1CCc2cc(Oc3ccc(C(F)(F)F)cn3)ccc21. The first-order valence-corrected chi connectivity index (χ1v) is 7.37. The Bertz CT molecular complexity index is 793. The second-order valence-corrected chi connectivity index (χ2v) is 5.58. The minimum atomic E-state index is -4.45. The van der Waals surface area contributed by atoms with Crippen molar-refractivity contribution < 1.29 is 27.9 Å². The molecule has 0 spiro atoms. The van der Waals surface area contributed by atoms with Gasteiger partial charge in [0.1, 0.15) is 5.75 Å². The lowest BCUT2D eigenvalue weighted by molar-refractivity contribution is -0.137. The van der Waals surface area contributed by atoms with E-state index in [0.717, 1.165) is 23.3 Å². The van der Waals surface area contributed by atoms with E-state index in [-0.39, 0.29) is 5.88 Å². The van der Waals surface area contributed by atoms with Crippen molar-refractivity contribution in [3.8, 4) is 11.6 Å². The van der Waals surface area contributed by atoms with Gasteiger partial charge in [0, 0.05) is 12.3 Å². The largest absolute Gasteiger partial charge is 0.439 e. The summed E-state index contributed by atoms with van der Waals surface area (Å²) >= 11 is 0. The predicted octanol–water partition coefficient (Wildman–Crippen LogP) is 3.65. The fraction of sp³-hybridized carbons (Fsp3) is 0.250. The van der Waals surface area contributed by atoms with Gasteiger partial charge in [-0.25, -0.2) is 9.78 Å². The Morgan fingerprint density at radius 1 is 1.32 bits per heavy atom. The summed E-state index contributed by atoms with van der Waals surface area (Å²) in [6, 6.07) is 5.54. The molecule has 0 fully saturated rings. The molecule has 2 aromatic rings. The van der Waals surface area contributed by atoms with E-state index in [0.29, 0.717) is 29.9 Å². The number of primary amides is 1. The number of hydroxylamine groups is 2. The number of halogens is 3. The highest BCUT2D eigenvalue weighted by atomic mass is 19.4. The van der Waals surface area contributed by atoms with Crippen LogP contribution in [-0.4, -0.2) is 21.3 Å². The number of hydrogen-bond acceptors (Lipinski definition) is 4. The zero-order valence-corrected chi connectivity index (χ0v) is 12.8. The zero-order valence-electron chi connectivity index (χ0n) is 12.8. The first-order valence-electron chi connectivity index (χ1n) is 7.37. The predicted molar refractivity (Wildman–Crippen MR) is 80.0 cm³/mol. The number of urea groups is 1. The number of aromatic nitrogens is 1. The number of nitrogens with two attached hydrogens (primary N) is 1. The Labute approximate surface area is 140 Å². The lowest BCUT2D eigenvalue weighted by atomic mass is 10.1. The van der Waals surface area contributed by atoms with Gasteiger partial charge < -0.3 is 10.5 Å². The van der Waals surface area contributed by atoms with Crippen LogP contribution in [0.2, 0.25) is 0 Å². The van der Waals surface area contributed by atoms with Gasteiger partial charge in [0.25, 0.3) is 0 Å². The van der Waals surface area contributed by atoms with Gasteiger partial charge in [-0.05, 0) is 42.2 Å². The van der Waals surface area contributed by atoms with Crippen molar-refractivity contribution in [3.05, 3.63) is 53.2 Å². The van der Waals surface area contributed by atoms with Crippen molar-refractivity contribution in [2.75, 3.05) is 0 Å². The van der Waals surface area contributed by atoms with E-state index in [2.05, 4.69) is 4.98 Å². The molecule has 0 saturated heterocycles. The maximum Gasteiger partial charge on any atom is 0.417 e. The Kier molecular flexibility index (Phi) is 4.25. The molecule has 0 aliphatic heterocycles. The van der Waals surface area contributed by atoms with Gasteiger partial charge in [-0.2, -0.15) is 18.2 Å². The zero-order chi connectivity index (χ0) is 18.2. The van der Waals surface area contributed by atoms with Crippen LogP contribution in [0, 0.1) is 0 Å². The molecule has 1 unspecified atom stereocenters. The lowest BCUT2D eigenvalue weighted by Gasteiger charge is -2.20. The number of nitrogens with zero attached hydrogens (tertiary/aromatic N) is 2. The highest BCUT2D eigenvalue weighted by Gasteiger charge is 2.31. The third kappa shape index (κ3) is 3.50. The molecular weight excluding hydrogens is 339 g/mol. The molecule has 132 valence electrons. The molecule has 1 atom stereocenters. The van der Waals surface area contributed by atoms with Crippen LogP contribution < -0.4 is 10.5 Å². The van der Waals surface area contributed by atoms with E-state index in [1.807, 2.05) is 0 Å². The normalized spacial score (nSPS) is 16.4. The molecule has 0 bridgehead atoms. The van der Waals surface area contributed by atoms with E-state index >= 15 is 0 Å². The van der Waals surface area contributed by atoms with Gasteiger partial charge >= 0.3 is 12.2 Å². The molecule has 1 aromatic carbocycles. The van der Waals surface area contributed by atoms with E-state index in [4.69, 9.17) is 10.5 Å². The molecule has 3 rings (SSSR count). The van der Waals surface area contributed by atoms with Crippen LogP contribution in [0.15, 0.2) is 36.5 Å². The van der Waals surface area contributed by atoms with Crippen molar-refractivity contribution in [1.29, 1.82) is 0 Å². The van der Waals surface area contributed by atoms with Crippen LogP contribution in [-0.2, 0) is 12.6 Å². The number of hydrogen-bond donors (Lipinski definition) is 2. The summed E-state index contributed by atoms with van der Waals surface area (Å²) in [5, 5.41) is 10.2. The molecular formula is C16H14F3N3O3. The second-order valence-electron chi connectivity index (χ2n) is 5.58. The molecule has 6 nitrogen and oxygen atoms in total. The van der Waals surface area contributed by atoms with Gasteiger partial charge in [0.2, 0.25) is 5.88 Å². The summed E-state index contributed by atoms with van der Waals surface area (Å²) in [5.74, 6) is 0.429. The summed E-state index contributed by atoms with van der Waals surface area (Å²) in [6.07, 6.45) is -2.64. The monoisotopic (exact) mass is 353 g/mol. The number of ether oxygens (including phenoxy) is 1.